The van der Waals surface area contributed by atoms with Crippen molar-refractivity contribution in [3.8, 4) is 0 Å². The maximum atomic E-state index is 12.5. The molecule has 2 aliphatic carbocycles. The number of hydrogen-bond donors (Lipinski definition) is 3. The summed E-state index contributed by atoms with van der Waals surface area (Å²) in [6, 6.07) is 5.90. The highest BCUT2D eigenvalue weighted by Gasteiger charge is 2.28. The van der Waals surface area contributed by atoms with Gasteiger partial charge in [0.05, 0.1) is 24.7 Å². The number of halogens is 1. The van der Waals surface area contributed by atoms with Crippen molar-refractivity contribution in [2.45, 2.75) is 38.1 Å². The number of nitrogens with zero attached hydrogens (tertiary/aromatic N) is 3. The minimum atomic E-state index is -0.237. The normalized spacial score (nSPS) is 18.6. The van der Waals surface area contributed by atoms with Crippen molar-refractivity contribution in [3.05, 3.63) is 65.9 Å². The van der Waals surface area contributed by atoms with Crippen molar-refractivity contribution in [1.82, 2.24) is 15.4 Å². The number of likely N-dealkylation sites (N-methyl/N-ethyl adjacent to an activating group) is 1. The van der Waals surface area contributed by atoms with E-state index in [4.69, 9.17) is 16.4 Å². The molecule has 2 aromatic rings. The highest BCUT2D eigenvalue weighted by molar-refractivity contribution is 6.33. The van der Waals surface area contributed by atoms with Crippen LogP contribution in [0.15, 0.2) is 55.3 Å². The molecule has 1 heterocycles. The first-order valence-corrected chi connectivity index (χ1v) is 12.6. The molecule has 194 valence electrons. The molecule has 9 nitrogen and oxygen atoms in total. The van der Waals surface area contributed by atoms with Crippen LogP contribution in [-0.4, -0.2) is 42.0 Å². The second-order valence-electron chi connectivity index (χ2n) is 9.05. The van der Waals surface area contributed by atoms with Crippen LogP contribution in [-0.2, 0) is 14.4 Å². The van der Waals surface area contributed by atoms with Crippen molar-refractivity contribution < 1.29 is 14.4 Å². The van der Waals surface area contributed by atoms with Gasteiger partial charge < -0.3 is 15.5 Å². The Morgan fingerprint density at radius 2 is 2.14 bits per heavy atom. The van der Waals surface area contributed by atoms with Gasteiger partial charge in [0.1, 0.15) is 5.02 Å². The fourth-order valence-electron chi connectivity index (χ4n) is 4.61. The minimum absolute atomic E-state index is 0.0369. The Morgan fingerprint density at radius 3 is 2.86 bits per heavy atom. The van der Waals surface area contributed by atoms with Crippen LogP contribution in [0.25, 0.3) is 5.57 Å². The number of rotatable bonds is 9. The molecule has 0 radical (unpaired) electrons. The number of amides is 2. The summed E-state index contributed by atoms with van der Waals surface area (Å²) in [6.07, 6.45) is 13.1. The van der Waals surface area contributed by atoms with E-state index in [1.54, 1.807) is 7.05 Å². The molecule has 2 atom stereocenters. The van der Waals surface area contributed by atoms with Crippen molar-refractivity contribution in [2.75, 3.05) is 29.7 Å². The molecule has 0 saturated heterocycles. The van der Waals surface area contributed by atoms with Crippen molar-refractivity contribution in [2.24, 2.45) is 5.92 Å². The van der Waals surface area contributed by atoms with E-state index in [2.05, 4.69) is 44.8 Å². The summed E-state index contributed by atoms with van der Waals surface area (Å²) in [5, 5.41) is 6.95. The van der Waals surface area contributed by atoms with Crippen LogP contribution in [0.4, 0.5) is 23.1 Å². The zero-order chi connectivity index (χ0) is 26.4. The number of aromatic nitrogens is 2. The number of nitrogens with one attached hydrogen (secondary N) is 3. The van der Waals surface area contributed by atoms with Crippen LogP contribution in [0.2, 0.25) is 5.02 Å². The predicted molar refractivity (Wildman–Crippen MR) is 147 cm³/mol. The molecule has 1 fully saturated rings. The van der Waals surface area contributed by atoms with Gasteiger partial charge in [-0.3, -0.25) is 14.4 Å². The van der Waals surface area contributed by atoms with E-state index < -0.39 is 0 Å². The predicted octanol–water partition coefficient (Wildman–Crippen LogP) is 5.01. The molecule has 3 N–H and O–H groups in total. The molecule has 0 spiro atoms. The summed E-state index contributed by atoms with van der Waals surface area (Å²) in [4.78, 5) is 39.9. The van der Waals surface area contributed by atoms with Gasteiger partial charge in [0.2, 0.25) is 17.8 Å². The lowest BCUT2D eigenvalue weighted by molar-refractivity contribution is -0.136. The topological polar surface area (TPSA) is 108 Å². The number of hydrogen-bond acceptors (Lipinski definition) is 7. The lowest BCUT2D eigenvalue weighted by Crippen LogP contribution is -2.37. The molecule has 1 aromatic carbocycles. The highest BCUT2D eigenvalue weighted by Crippen LogP contribution is 2.35. The average molecular weight is 523 g/mol. The fraction of sp³-hybridized carbons (Fsp3) is 0.333. The van der Waals surface area contributed by atoms with E-state index in [0.29, 0.717) is 34.6 Å². The number of hydroxylamine groups is 1. The average Bonchev–Trinajstić information content (AvgIpc) is 3.45. The SMILES string of the molecule is C=CC(=O)N(C)c1cc(C2=CC=CC2)ccc1Nc1nc(NC2CCCC(C(=O)NOC)C2)ncc1Cl. The quantitative estimate of drug-likeness (QED) is 0.313. The molecule has 2 amide bonds. The molecule has 37 heavy (non-hydrogen) atoms. The summed E-state index contributed by atoms with van der Waals surface area (Å²) in [7, 11) is 3.13. The van der Waals surface area contributed by atoms with Crippen LogP contribution < -0.4 is 21.0 Å². The Bertz CT molecular complexity index is 1240. The Balaban J connectivity index is 1.56. The van der Waals surface area contributed by atoms with Gasteiger partial charge >= 0.3 is 0 Å². The largest absolute Gasteiger partial charge is 0.351 e. The van der Waals surface area contributed by atoms with E-state index in [0.717, 1.165) is 31.2 Å². The zero-order valence-corrected chi connectivity index (χ0v) is 21.7. The monoisotopic (exact) mass is 522 g/mol. The number of carbonyl (C=O) groups is 2. The Kier molecular flexibility index (Phi) is 8.58. The lowest BCUT2D eigenvalue weighted by atomic mass is 9.85. The Labute approximate surface area is 221 Å². The van der Waals surface area contributed by atoms with Crippen LogP contribution in [0.1, 0.15) is 37.7 Å². The summed E-state index contributed by atoms with van der Waals surface area (Å²) in [5.41, 5.74) is 5.94. The van der Waals surface area contributed by atoms with Gasteiger partial charge in [-0.2, -0.15) is 4.98 Å². The van der Waals surface area contributed by atoms with Gasteiger partial charge in [0, 0.05) is 19.0 Å². The maximum absolute atomic E-state index is 12.5. The van der Waals surface area contributed by atoms with Crippen LogP contribution in [0.5, 0.6) is 0 Å². The molecular weight excluding hydrogens is 492 g/mol. The second-order valence-corrected chi connectivity index (χ2v) is 9.46. The molecule has 1 saturated carbocycles. The second kappa shape index (κ2) is 12.0. The van der Waals surface area contributed by atoms with E-state index in [1.165, 1.54) is 29.9 Å². The van der Waals surface area contributed by atoms with Gasteiger partial charge in [-0.15, -0.1) is 0 Å². The molecule has 0 aliphatic heterocycles. The third kappa shape index (κ3) is 6.36. The zero-order valence-electron chi connectivity index (χ0n) is 21.0. The van der Waals surface area contributed by atoms with Crippen LogP contribution >= 0.6 is 11.6 Å². The highest BCUT2D eigenvalue weighted by atomic mass is 35.5. The summed E-state index contributed by atoms with van der Waals surface area (Å²) in [6.45, 7) is 3.61. The molecule has 2 aliphatic rings. The Morgan fingerprint density at radius 1 is 1.30 bits per heavy atom. The smallest absolute Gasteiger partial charge is 0.250 e. The molecular formula is C27H31ClN6O3. The van der Waals surface area contributed by atoms with Crippen molar-refractivity contribution >= 4 is 52.1 Å². The van der Waals surface area contributed by atoms with Crippen molar-refractivity contribution in [1.29, 1.82) is 0 Å². The molecule has 2 unspecified atom stereocenters. The van der Waals surface area contributed by atoms with Crippen LogP contribution in [0.3, 0.4) is 0 Å². The summed E-state index contributed by atoms with van der Waals surface area (Å²) >= 11 is 6.45. The first kappa shape index (κ1) is 26.4. The van der Waals surface area contributed by atoms with Gasteiger partial charge in [0.15, 0.2) is 5.82 Å². The number of carbonyl (C=O) groups excluding carboxylic acids is 2. The summed E-state index contributed by atoms with van der Waals surface area (Å²) in [5.74, 6) is 0.311. The fourth-order valence-corrected chi connectivity index (χ4v) is 4.75. The molecule has 0 bridgehead atoms. The van der Waals surface area contributed by atoms with Gasteiger partial charge in [-0.05, 0) is 55.0 Å². The number of anilines is 4. The third-order valence-electron chi connectivity index (χ3n) is 6.58. The van der Waals surface area contributed by atoms with E-state index in [1.807, 2.05) is 24.3 Å². The van der Waals surface area contributed by atoms with Gasteiger partial charge in [-0.25, -0.2) is 10.5 Å². The molecule has 4 rings (SSSR count). The maximum Gasteiger partial charge on any atom is 0.250 e. The van der Waals surface area contributed by atoms with E-state index >= 15 is 0 Å². The van der Waals surface area contributed by atoms with Gasteiger partial charge in [-0.1, -0.05) is 48.9 Å². The lowest BCUT2D eigenvalue weighted by Gasteiger charge is -2.28. The first-order valence-electron chi connectivity index (χ1n) is 12.2. The van der Waals surface area contributed by atoms with E-state index in [9.17, 15) is 9.59 Å². The van der Waals surface area contributed by atoms with Crippen molar-refractivity contribution in [3.63, 3.8) is 0 Å². The first-order chi connectivity index (χ1) is 17.9. The molecule has 10 heteroatoms. The minimum Gasteiger partial charge on any atom is -0.351 e. The standard InChI is InChI=1S/C27H31ClN6O3/c1-4-24(35)34(2)23-15-18(17-8-5-6-9-17)12-13-22(23)31-25-21(28)16-29-27(32-25)30-20-11-7-10-19(14-20)26(36)33-37-3/h4-6,8,12-13,15-16,19-20H,1,7,9-11,14H2,2-3H3,(H,33,36)(H2,29,30,31,32). The number of benzene rings is 1. The Hall–Kier alpha value is -3.69. The number of allylic oxidation sites excluding steroid dienone is 4. The summed E-state index contributed by atoms with van der Waals surface area (Å²) < 4.78 is 0. The third-order valence-corrected chi connectivity index (χ3v) is 6.86. The van der Waals surface area contributed by atoms with E-state index in [-0.39, 0.29) is 23.8 Å². The van der Waals surface area contributed by atoms with Crippen LogP contribution in [0, 0.1) is 5.92 Å². The molecule has 1 aromatic heterocycles. The van der Waals surface area contributed by atoms with Gasteiger partial charge in [0.25, 0.3) is 0 Å².